The summed E-state index contributed by atoms with van der Waals surface area (Å²) in [6.45, 7) is 6.19. The Hall–Kier alpha value is -0.570. The van der Waals surface area contributed by atoms with E-state index in [1.165, 1.54) is 0 Å². The summed E-state index contributed by atoms with van der Waals surface area (Å²) in [5.41, 5.74) is 0. The lowest BCUT2D eigenvalue weighted by molar-refractivity contribution is -0.137. The number of carboxylic acids is 1. The number of nitrogens with one attached hydrogen (secondary N) is 1. The van der Waals surface area contributed by atoms with Gasteiger partial charge in [-0.2, -0.15) is 0 Å². The maximum atomic E-state index is 10.4. The second kappa shape index (κ2) is 6.89. The van der Waals surface area contributed by atoms with Gasteiger partial charge in [-0.1, -0.05) is 20.3 Å². The SMILES string of the molecule is CCCC(CC)NC(C)CC(=O)O. The normalized spacial score (nSPS) is 15.3. The molecule has 0 amide bonds. The molecular weight excluding hydrogens is 166 g/mol. The van der Waals surface area contributed by atoms with Crippen LogP contribution in [0.25, 0.3) is 0 Å². The zero-order chi connectivity index (χ0) is 10.3. The van der Waals surface area contributed by atoms with Crippen LogP contribution < -0.4 is 5.32 Å². The Morgan fingerprint density at radius 1 is 1.46 bits per heavy atom. The monoisotopic (exact) mass is 187 g/mol. The highest BCUT2D eigenvalue weighted by molar-refractivity contribution is 5.67. The number of rotatable bonds is 7. The molecule has 78 valence electrons. The van der Waals surface area contributed by atoms with E-state index in [1.54, 1.807) is 0 Å². The Bertz CT molecular complexity index is 148. The van der Waals surface area contributed by atoms with Crippen molar-refractivity contribution in [2.75, 3.05) is 0 Å². The summed E-state index contributed by atoms with van der Waals surface area (Å²) in [6, 6.07) is 0.549. The maximum Gasteiger partial charge on any atom is 0.304 e. The molecular formula is C10H21NO2. The summed E-state index contributed by atoms with van der Waals surface area (Å²) in [5, 5.41) is 11.9. The summed E-state index contributed by atoms with van der Waals surface area (Å²) in [6.07, 6.45) is 3.55. The third-order valence-electron chi connectivity index (χ3n) is 2.13. The van der Waals surface area contributed by atoms with Crippen LogP contribution in [0.1, 0.15) is 46.5 Å². The van der Waals surface area contributed by atoms with Crippen molar-refractivity contribution >= 4 is 5.97 Å². The summed E-state index contributed by atoms with van der Waals surface area (Å²) < 4.78 is 0. The molecule has 0 aliphatic heterocycles. The Kier molecular flexibility index (Phi) is 6.59. The fourth-order valence-corrected chi connectivity index (χ4v) is 1.48. The number of hydrogen-bond acceptors (Lipinski definition) is 2. The van der Waals surface area contributed by atoms with Gasteiger partial charge in [0, 0.05) is 12.1 Å². The van der Waals surface area contributed by atoms with Crippen LogP contribution in [0, 0.1) is 0 Å². The largest absolute Gasteiger partial charge is 0.481 e. The molecule has 0 fully saturated rings. The molecule has 0 bridgehead atoms. The zero-order valence-electron chi connectivity index (χ0n) is 8.84. The Morgan fingerprint density at radius 2 is 2.08 bits per heavy atom. The Labute approximate surface area is 80.5 Å². The number of hydrogen-bond donors (Lipinski definition) is 2. The predicted molar refractivity (Wildman–Crippen MR) is 53.8 cm³/mol. The molecule has 0 aromatic heterocycles. The molecule has 2 atom stereocenters. The second-order valence-corrected chi connectivity index (χ2v) is 3.56. The summed E-state index contributed by atoms with van der Waals surface area (Å²) in [4.78, 5) is 10.4. The van der Waals surface area contributed by atoms with Crippen molar-refractivity contribution in [1.29, 1.82) is 0 Å². The Balaban J connectivity index is 3.72. The van der Waals surface area contributed by atoms with Crippen molar-refractivity contribution in [3.05, 3.63) is 0 Å². The molecule has 0 saturated heterocycles. The molecule has 2 N–H and O–H groups in total. The van der Waals surface area contributed by atoms with Crippen LogP contribution in [0.4, 0.5) is 0 Å². The fraction of sp³-hybridized carbons (Fsp3) is 0.900. The van der Waals surface area contributed by atoms with E-state index in [1.807, 2.05) is 6.92 Å². The van der Waals surface area contributed by atoms with Gasteiger partial charge >= 0.3 is 5.97 Å². The van der Waals surface area contributed by atoms with Crippen molar-refractivity contribution in [3.63, 3.8) is 0 Å². The molecule has 0 rings (SSSR count). The average Bonchev–Trinajstić information content (AvgIpc) is 2.02. The van der Waals surface area contributed by atoms with E-state index in [-0.39, 0.29) is 12.5 Å². The molecule has 0 aromatic rings. The average molecular weight is 187 g/mol. The molecule has 0 saturated carbocycles. The van der Waals surface area contributed by atoms with Gasteiger partial charge < -0.3 is 10.4 Å². The van der Waals surface area contributed by atoms with Crippen molar-refractivity contribution < 1.29 is 9.90 Å². The van der Waals surface area contributed by atoms with Crippen LogP contribution in [0.3, 0.4) is 0 Å². The fourth-order valence-electron chi connectivity index (χ4n) is 1.48. The van der Waals surface area contributed by atoms with Crippen molar-refractivity contribution in [2.24, 2.45) is 0 Å². The first-order chi connectivity index (χ1) is 6.10. The van der Waals surface area contributed by atoms with E-state index in [0.717, 1.165) is 19.3 Å². The lowest BCUT2D eigenvalue weighted by atomic mass is 10.1. The van der Waals surface area contributed by atoms with Gasteiger partial charge in [0.25, 0.3) is 0 Å². The standard InChI is InChI=1S/C10H21NO2/c1-4-6-9(5-2)11-8(3)7-10(12)13/h8-9,11H,4-7H2,1-3H3,(H,12,13). The van der Waals surface area contributed by atoms with E-state index >= 15 is 0 Å². The lowest BCUT2D eigenvalue weighted by Crippen LogP contribution is -2.37. The molecule has 2 unspecified atom stereocenters. The summed E-state index contributed by atoms with van der Waals surface area (Å²) >= 11 is 0. The van der Waals surface area contributed by atoms with Crippen LogP contribution in [-0.4, -0.2) is 23.2 Å². The van der Waals surface area contributed by atoms with Crippen LogP contribution in [0.5, 0.6) is 0 Å². The zero-order valence-corrected chi connectivity index (χ0v) is 8.84. The number of aliphatic carboxylic acids is 1. The minimum atomic E-state index is -0.730. The number of carbonyl (C=O) groups is 1. The van der Waals surface area contributed by atoms with Gasteiger partial charge in [-0.3, -0.25) is 4.79 Å². The predicted octanol–water partition coefficient (Wildman–Crippen LogP) is 2.02. The van der Waals surface area contributed by atoms with Gasteiger partial charge in [-0.15, -0.1) is 0 Å². The highest BCUT2D eigenvalue weighted by Crippen LogP contribution is 2.03. The third-order valence-corrected chi connectivity index (χ3v) is 2.13. The smallest absolute Gasteiger partial charge is 0.304 e. The molecule has 0 aliphatic carbocycles. The molecule has 0 spiro atoms. The van der Waals surface area contributed by atoms with Gasteiger partial charge in [0.15, 0.2) is 0 Å². The first-order valence-corrected chi connectivity index (χ1v) is 5.07. The van der Waals surface area contributed by atoms with E-state index in [2.05, 4.69) is 19.2 Å². The maximum absolute atomic E-state index is 10.4. The minimum Gasteiger partial charge on any atom is -0.481 e. The quantitative estimate of drug-likeness (QED) is 0.641. The van der Waals surface area contributed by atoms with Gasteiger partial charge in [-0.25, -0.2) is 0 Å². The van der Waals surface area contributed by atoms with Crippen molar-refractivity contribution in [3.8, 4) is 0 Å². The first kappa shape index (κ1) is 12.4. The molecule has 0 radical (unpaired) electrons. The summed E-state index contributed by atoms with van der Waals surface area (Å²) in [7, 11) is 0. The van der Waals surface area contributed by atoms with Gasteiger partial charge in [0.1, 0.15) is 0 Å². The van der Waals surface area contributed by atoms with E-state index in [4.69, 9.17) is 5.11 Å². The highest BCUT2D eigenvalue weighted by atomic mass is 16.4. The Morgan fingerprint density at radius 3 is 2.46 bits per heavy atom. The van der Waals surface area contributed by atoms with E-state index in [9.17, 15) is 4.79 Å². The van der Waals surface area contributed by atoms with Crippen LogP contribution >= 0.6 is 0 Å². The second-order valence-electron chi connectivity index (χ2n) is 3.56. The molecule has 0 aliphatic rings. The van der Waals surface area contributed by atoms with E-state index < -0.39 is 5.97 Å². The molecule has 13 heavy (non-hydrogen) atoms. The van der Waals surface area contributed by atoms with Crippen LogP contribution in [0.2, 0.25) is 0 Å². The van der Waals surface area contributed by atoms with Crippen LogP contribution in [0.15, 0.2) is 0 Å². The third kappa shape index (κ3) is 6.58. The summed E-state index contributed by atoms with van der Waals surface area (Å²) in [5.74, 6) is -0.730. The molecule has 3 nitrogen and oxygen atoms in total. The highest BCUT2D eigenvalue weighted by Gasteiger charge is 2.11. The van der Waals surface area contributed by atoms with Crippen molar-refractivity contribution in [1.82, 2.24) is 5.32 Å². The molecule has 0 aromatic carbocycles. The topological polar surface area (TPSA) is 49.3 Å². The molecule has 0 heterocycles. The number of carboxylic acid groups (broad SMARTS) is 1. The molecule has 3 heteroatoms. The van der Waals surface area contributed by atoms with Gasteiger partial charge in [0.05, 0.1) is 6.42 Å². The van der Waals surface area contributed by atoms with Crippen molar-refractivity contribution in [2.45, 2.75) is 58.5 Å². The van der Waals surface area contributed by atoms with E-state index in [0.29, 0.717) is 6.04 Å². The minimum absolute atomic E-state index is 0.0778. The van der Waals surface area contributed by atoms with Gasteiger partial charge in [0.2, 0.25) is 0 Å². The van der Waals surface area contributed by atoms with Gasteiger partial charge in [-0.05, 0) is 19.8 Å². The first-order valence-electron chi connectivity index (χ1n) is 5.07. The van der Waals surface area contributed by atoms with Crippen LogP contribution in [-0.2, 0) is 4.79 Å². The lowest BCUT2D eigenvalue weighted by Gasteiger charge is -2.20.